The summed E-state index contributed by atoms with van der Waals surface area (Å²) in [5.74, 6) is -0.390. The van der Waals surface area contributed by atoms with Crippen molar-refractivity contribution >= 4 is 5.97 Å². The third kappa shape index (κ3) is 6.59. The molecule has 0 aromatic rings. The number of hydrogen-bond donors (Lipinski definition) is 3. The molecule has 0 heterocycles. The smallest absolute Gasteiger partial charge is 0.330 e. The number of carbonyl (C=O) groups excluding carboxylic acids is 1. The van der Waals surface area contributed by atoms with Gasteiger partial charge < -0.3 is 20.3 Å². The fourth-order valence-electron chi connectivity index (χ4n) is 0.767. The zero-order valence-corrected chi connectivity index (χ0v) is 8.27. The van der Waals surface area contributed by atoms with Gasteiger partial charge in [-0.1, -0.05) is 6.08 Å². The standard InChI is InChI=1S/C9H17NO4/c1-2-14-9(13)4-3-5-10-8(6-11)7-12/h3-4,8,10-12H,2,5-7H2,1H3/b4-3+. The first kappa shape index (κ1) is 13.1. The van der Waals surface area contributed by atoms with Crippen molar-refractivity contribution in [3.05, 3.63) is 12.2 Å². The monoisotopic (exact) mass is 203 g/mol. The Bertz CT molecular complexity index is 178. The molecule has 0 aromatic carbocycles. The second kappa shape index (κ2) is 8.68. The van der Waals surface area contributed by atoms with Crippen molar-refractivity contribution in [2.75, 3.05) is 26.4 Å². The van der Waals surface area contributed by atoms with Crippen molar-refractivity contribution < 1.29 is 19.7 Å². The van der Waals surface area contributed by atoms with Gasteiger partial charge in [0.2, 0.25) is 0 Å². The first-order chi connectivity index (χ1) is 6.74. The normalized spacial score (nSPS) is 11.1. The van der Waals surface area contributed by atoms with E-state index in [2.05, 4.69) is 10.1 Å². The van der Waals surface area contributed by atoms with Crippen molar-refractivity contribution in [2.24, 2.45) is 0 Å². The summed E-state index contributed by atoms with van der Waals surface area (Å²) >= 11 is 0. The number of rotatable bonds is 7. The van der Waals surface area contributed by atoms with E-state index in [9.17, 15) is 4.79 Å². The summed E-state index contributed by atoms with van der Waals surface area (Å²) in [6.45, 7) is 2.22. The van der Waals surface area contributed by atoms with Crippen LogP contribution in [0, 0.1) is 0 Å². The average molecular weight is 203 g/mol. The maximum Gasteiger partial charge on any atom is 0.330 e. The van der Waals surface area contributed by atoms with Gasteiger partial charge in [-0.2, -0.15) is 0 Å². The molecular weight excluding hydrogens is 186 g/mol. The van der Waals surface area contributed by atoms with Gasteiger partial charge in [-0.05, 0) is 6.92 Å². The van der Waals surface area contributed by atoms with Crippen LogP contribution in [-0.4, -0.2) is 48.6 Å². The van der Waals surface area contributed by atoms with E-state index in [0.717, 1.165) is 0 Å². The van der Waals surface area contributed by atoms with Crippen molar-refractivity contribution in [2.45, 2.75) is 13.0 Å². The molecule has 0 aromatic heterocycles. The Morgan fingerprint density at radius 1 is 1.50 bits per heavy atom. The van der Waals surface area contributed by atoms with Gasteiger partial charge >= 0.3 is 5.97 Å². The number of nitrogens with one attached hydrogen (secondary N) is 1. The molecule has 0 aliphatic rings. The Balaban J connectivity index is 3.56. The van der Waals surface area contributed by atoms with E-state index in [4.69, 9.17) is 10.2 Å². The summed E-state index contributed by atoms with van der Waals surface area (Å²) in [6.07, 6.45) is 2.89. The molecule has 0 saturated heterocycles. The molecule has 0 spiro atoms. The van der Waals surface area contributed by atoms with Crippen LogP contribution in [0.4, 0.5) is 0 Å². The van der Waals surface area contributed by atoms with Crippen LogP contribution >= 0.6 is 0 Å². The highest BCUT2D eigenvalue weighted by Crippen LogP contribution is 1.82. The third-order valence-corrected chi connectivity index (χ3v) is 1.51. The van der Waals surface area contributed by atoms with E-state index >= 15 is 0 Å². The highest BCUT2D eigenvalue weighted by atomic mass is 16.5. The molecule has 3 N–H and O–H groups in total. The minimum absolute atomic E-state index is 0.135. The van der Waals surface area contributed by atoms with Crippen LogP contribution in [0.3, 0.4) is 0 Å². The first-order valence-electron chi connectivity index (χ1n) is 4.53. The minimum Gasteiger partial charge on any atom is -0.463 e. The van der Waals surface area contributed by atoms with Gasteiger partial charge in [-0.25, -0.2) is 4.79 Å². The van der Waals surface area contributed by atoms with Gasteiger partial charge in [-0.3, -0.25) is 0 Å². The lowest BCUT2D eigenvalue weighted by Crippen LogP contribution is -2.35. The molecule has 0 radical (unpaired) electrons. The van der Waals surface area contributed by atoms with Crippen LogP contribution in [0.1, 0.15) is 6.92 Å². The van der Waals surface area contributed by atoms with E-state index in [-0.39, 0.29) is 25.2 Å². The summed E-state index contributed by atoms with van der Waals surface area (Å²) in [6, 6.07) is -0.346. The number of ether oxygens (including phenoxy) is 1. The maximum absolute atomic E-state index is 10.8. The minimum atomic E-state index is -0.390. The Hall–Kier alpha value is -0.910. The Morgan fingerprint density at radius 3 is 2.64 bits per heavy atom. The summed E-state index contributed by atoms with van der Waals surface area (Å²) < 4.78 is 4.65. The molecule has 0 unspecified atom stereocenters. The average Bonchev–Trinajstić information content (AvgIpc) is 2.19. The predicted octanol–water partition coefficient (Wildman–Crippen LogP) is -0.952. The second-order valence-corrected chi connectivity index (χ2v) is 2.62. The van der Waals surface area contributed by atoms with Crippen LogP contribution < -0.4 is 5.32 Å². The number of aliphatic hydroxyl groups is 2. The fourth-order valence-corrected chi connectivity index (χ4v) is 0.767. The molecule has 0 fully saturated rings. The third-order valence-electron chi connectivity index (χ3n) is 1.51. The van der Waals surface area contributed by atoms with Gasteiger partial charge in [0.05, 0.1) is 25.9 Å². The molecule has 0 atom stereocenters. The van der Waals surface area contributed by atoms with Crippen molar-refractivity contribution in [3.63, 3.8) is 0 Å². The summed E-state index contributed by atoms with van der Waals surface area (Å²) in [7, 11) is 0. The number of hydrogen-bond acceptors (Lipinski definition) is 5. The lowest BCUT2D eigenvalue weighted by Gasteiger charge is -2.10. The van der Waals surface area contributed by atoms with Crippen molar-refractivity contribution in [1.82, 2.24) is 5.32 Å². The SMILES string of the molecule is CCOC(=O)/C=C/CNC(CO)CO. The molecule has 5 heteroatoms. The summed E-state index contributed by atoms with van der Waals surface area (Å²) in [4.78, 5) is 10.8. The molecule has 14 heavy (non-hydrogen) atoms. The van der Waals surface area contributed by atoms with E-state index in [1.807, 2.05) is 0 Å². The molecule has 0 bridgehead atoms. The number of carbonyl (C=O) groups is 1. The van der Waals surface area contributed by atoms with Gasteiger partial charge in [0, 0.05) is 12.6 Å². The van der Waals surface area contributed by atoms with Crippen LogP contribution in [0.25, 0.3) is 0 Å². The van der Waals surface area contributed by atoms with Gasteiger partial charge in [0.15, 0.2) is 0 Å². The summed E-state index contributed by atoms with van der Waals surface area (Å²) in [5.41, 5.74) is 0. The Kier molecular flexibility index (Phi) is 8.11. The highest BCUT2D eigenvalue weighted by Gasteiger charge is 2.01. The molecular formula is C9H17NO4. The first-order valence-corrected chi connectivity index (χ1v) is 4.53. The molecule has 0 aliphatic carbocycles. The summed E-state index contributed by atoms with van der Waals surface area (Å²) in [5, 5.41) is 20.2. The number of esters is 1. The zero-order valence-electron chi connectivity index (χ0n) is 8.27. The van der Waals surface area contributed by atoms with Crippen LogP contribution in [0.2, 0.25) is 0 Å². The Morgan fingerprint density at radius 2 is 2.14 bits per heavy atom. The fraction of sp³-hybridized carbons (Fsp3) is 0.667. The topological polar surface area (TPSA) is 78.8 Å². The van der Waals surface area contributed by atoms with Crippen molar-refractivity contribution in [1.29, 1.82) is 0 Å². The lowest BCUT2D eigenvalue weighted by atomic mass is 10.3. The van der Waals surface area contributed by atoms with E-state index in [0.29, 0.717) is 13.2 Å². The van der Waals surface area contributed by atoms with E-state index < -0.39 is 0 Å². The lowest BCUT2D eigenvalue weighted by molar-refractivity contribution is -0.137. The quantitative estimate of drug-likeness (QED) is 0.367. The van der Waals surface area contributed by atoms with E-state index in [1.54, 1.807) is 13.0 Å². The molecule has 5 nitrogen and oxygen atoms in total. The predicted molar refractivity (Wildman–Crippen MR) is 51.7 cm³/mol. The van der Waals surface area contributed by atoms with Crippen LogP contribution in [0.15, 0.2) is 12.2 Å². The zero-order chi connectivity index (χ0) is 10.8. The molecule has 0 saturated carbocycles. The Labute approximate surface area is 83.4 Å². The van der Waals surface area contributed by atoms with Gasteiger partial charge in [0.1, 0.15) is 0 Å². The van der Waals surface area contributed by atoms with E-state index in [1.165, 1.54) is 6.08 Å². The number of aliphatic hydroxyl groups excluding tert-OH is 2. The highest BCUT2D eigenvalue weighted by molar-refractivity contribution is 5.81. The second-order valence-electron chi connectivity index (χ2n) is 2.62. The largest absolute Gasteiger partial charge is 0.463 e. The van der Waals surface area contributed by atoms with Gasteiger partial charge in [0.25, 0.3) is 0 Å². The van der Waals surface area contributed by atoms with Gasteiger partial charge in [-0.15, -0.1) is 0 Å². The molecule has 0 aliphatic heterocycles. The molecule has 82 valence electrons. The van der Waals surface area contributed by atoms with Crippen LogP contribution in [-0.2, 0) is 9.53 Å². The van der Waals surface area contributed by atoms with Crippen molar-refractivity contribution in [3.8, 4) is 0 Å². The maximum atomic E-state index is 10.8. The molecule has 0 amide bonds. The van der Waals surface area contributed by atoms with Crippen LogP contribution in [0.5, 0.6) is 0 Å². The molecule has 0 rings (SSSR count).